The van der Waals surface area contributed by atoms with Gasteiger partial charge in [-0.1, -0.05) is 0 Å². The Morgan fingerprint density at radius 2 is 2.06 bits per heavy atom. The Hall–Kier alpha value is -0.880. The summed E-state index contributed by atoms with van der Waals surface area (Å²) in [6.07, 6.45) is 3.83. The van der Waals surface area contributed by atoms with Crippen molar-refractivity contribution in [1.82, 2.24) is 14.9 Å². The number of hydrogen-bond donors (Lipinski definition) is 1. The van der Waals surface area contributed by atoms with Gasteiger partial charge in [0.25, 0.3) is 0 Å². The van der Waals surface area contributed by atoms with Crippen LogP contribution >= 0.6 is 15.9 Å². The third-order valence-electron chi connectivity index (χ3n) is 3.37. The van der Waals surface area contributed by atoms with Crippen LogP contribution in [-0.2, 0) is 0 Å². The standard InChI is InChI=1S/C11H18BrN5/c1-16-5-3-8(4-6-16)17(2)11-9(12)10(13)14-7-15-11/h7-8H,3-6H2,1-2H3,(H2,13,14,15). The lowest BCUT2D eigenvalue weighted by Gasteiger charge is -2.36. The maximum absolute atomic E-state index is 5.78. The molecule has 2 N–H and O–H groups in total. The van der Waals surface area contributed by atoms with Crippen LogP contribution in [0.15, 0.2) is 10.8 Å². The second-order valence-corrected chi connectivity index (χ2v) is 5.33. The topological polar surface area (TPSA) is 58.3 Å². The van der Waals surface area contributed by atoms with Crippen LogP contribution in [0.2, 0.25) is 0 Å². The van der Waals surface area contributed by atoms with Crippen molar-refractivity contribution >= 4 is 27.6 Å². The highest BCUT2D eigenvalue weighted by Crippen LogP contribution is 2.29. The average molecular weight is 300 g/mol. The first-order chi connectivity index (χ1) is 8.09. The number of halogens is 1. The third kappa shape index (κ3) is 2.69. The highest BCUT2D eigenvalue weighted by molar-refractivity contribution is 9.10. The lowest BCUT2D eigenvalue weighted by Crippen LogP contribution is -2.42. The Bertz CT molecular complexity index is 389. The molecule has 0 atom stereocenters. The molecule has 0 bridgehead atoms. The lowest BCUT2D eigenvalue weighted by atomic mass is 10.0. The lowest BCUT2D eigenvalue weighted by molar-refractivity contribution is 0.252. The van der Waals surface area contributed by atoms with E-state index in [-0.39, 0.29) is 0 Å². The molecule has 0 spiro atoms. The van der Waals surface area contributed by atoms with E-state index in [1.807, 2.05) is 0 Å². The van der Waals surface area contributed by atoms with Crippen molar-refractivity contribution in [2.24, 2.45) is 0 Å². The summed E-state index contributed by atoms with van der Waals surface area (Å²) in [7, 11) is 4.23. The van der Waals surface area contributed by atoms with Crippen molar-refractivity contribution in [3.05, 3.63) is 10.8 Å². The van der Waals surface area contributed by atoms with Gasteiger partial charge >= 0.3 is 0 Å². The normalized spacial score (nSPS) is 18.3. The number of nitrogen functional groups attached to an aromatic ring is 1. The number of nitrogens with two attached hydrogens (primary N) is 1. The van der Waals surface area contributed by atoms with E-state index >= 15 is 0 Å². The summed E-state index contributed by atoms with van der Waals surface area (Å²) >= 11 is 3.46. The number of aromatic nitrogens is 2. The van der Waals surface area contributed by atoms with Crippen molar-refractivity contribution in [3.8, 4) is 0 Å². The van der Waals surface area contributed by atoms with Gasteiger partial charge in [0.1, 0.15) is 22.4 Å². The zero-order chi connectivity index (χ0) is 12.4. The second kappa shape index (κ2) is 5.18. The summed E-state index contributed by atoms with van der Waals surface area (Å²) in [6.45, 7) is 2.26. The van der Waals surface area contributed by atoms with Crippen LogP contribution in [0.4, 0.5) is 11.6 Å². The number of nitrogens with zero attached hydrogens (tertiary/aromatic N) is 4. The molecule has 0 unspecified atom stereocenters. The molecule has 6 heteroatoms. The number of likely N-dealkylation sites (tertiary alicyclic amines) is 1. The SMILES string of the molecule is CN1CCC(N(C)c2ncnc(N)c2Br)CC1. The third-order valence-corrected chi connectivity index (χ3v) is 4.13. The molecule has 0 radical (unpaired) electrons. The minimum Gasteiger partial charge on any atom is -0.383 e. The highest BCUT2D eigenvalue weighted by atomic mass is 79.9. The van der Waals surface area contributed by atoms with Gasteiger partial charge in [-0.15, -0.1) is 0 Å². The van der Waals surface area contributed by atoms with E-state index in [1.165, 1.54) is 6.33 Å². The van der Waals surface area contributed by atoms with Crippen LogP contribution < -0.4 is 10.6 Å². The van der Waals surface area contributed by atoms with E-state index in [0.29, 0.717) is 11.9 Å². The van der Waals surface area contributed by atoms with Crippen molar-refractivity contribution in [1.29, 1.82) is 0 Å². The molecule has 0 amide bonds. The predicted molar refractivity (Wildman–Crippen MR) is 73.1 cm³/mol. The minimum atomic E-state index is 0.495. The van der Waals surface area contributed by atoms with Gasteiger partial charge in [0.2, 0.25) is 0 Å². The molecule has 1 fully saturated rings. The maximum atomic E-state index is 5.78. The van der Waals surface area contributed by atoms with Crippen molar-refractivity contribution in [2.75, 3.05) is 37.8 Å². The number of rotatable bonds is 2. The van der Waals surface area contributed by atoms with E-state index in [1.54, 1.807) is 0 Å². The van der Waals surface area contributed by atoms with Crippen molar-refractivity contribution in [3.63, 3.8) is 0 Å². The van der Waals surface area contributed by atoms with Crippen LogP contribution in [0.5, 0.6) is 0 Å². The molecule has 94 valence electrons. The summed E-state index contributed by atoms with van der Waals surface area (Å²) in [6, 6.07) is 0.525. The van der Waals surface area contributed by atoms with Gasteiger partial charge in [-0.25, -0.2) is 9.97 Å². The van der Waals surface area contributed by atoms with Gasteiger partial charge in [0.15, 0.2) is 0 Å². The molecule has 2 heterocycles. The van der Waals surface area contributed by atoms with Gasteiger partial charge in [0, 0.05) is 13.1 Å². The van der Waals surface area contributed by atoms with Crippen LogP contribution in [0.3, 0.4) is 0 Å². The Morgan fingerprint density at radius 1 is 1.41 bits per heavy atom. The highest BCUT2D eigenvalue weighted by Gasteiger charge is 2.23. The van der Waals surface area contributed by atoms with Crippen molar-refractivity contribution in [2.45, 2.75) is 18.9 Å². The molecule has 2 rings (SSSR count). The Morgan fingerprint density at radius 3 is 2.71 bits per heavy atom. The quantitative estimate of drug-likeness (QED) is 0.893. The largest absolute Gasteiger partial charge is 0.383 e. The van der Waals surface area contributed by atoms with E-state index in [2.05, 4.69) is 49.8 Å². The van der Waals surface area contributed by atoms with Crippen LogP contribution in [0.1, 0.15) is 12.8 Å². The molecule has 0 aliphatic carbocycles. The summed E-state index contributed by atoms with van der Waals surface area (Å²) in [5, 5.41) is 0. The van der Waals surface area contributed by atoms with Gasteiger partial charge in [-0.05, 0) is 48.9 Å². The maximum Gasteiger partial charge on any atom is 0.148 e. The molecular weight excluding hydrogens is 282 g/mol. The molecule has 1 aliphatic heterocycles. The summed E-state index contributed by atoms with van der Waals surface area (Å²) in [5.41, 5.74) is 5.78. The van der Waals surface area contributed by atoms with Crippen LogP contribution in [0.25, 0.3) is 0 Å². The molecule has 1 aromatic heterocycles. The summed E-state index contributed by atoms with van der Waals surface area (Å²) in [4.78, 5) is 12.8. The molecule has 0 aromatic carbocycles. The Kier molecular flexibility index (Phi) is 3.83. The molecule has 17 heavy (non-hydrogen) atoms. The first-order valence-electron chi connectivity index (χ1n) is 5.77. The monoisotopic (exact) mass is 299 g/mol. The van der Waals surface area contributed by atoms with E-state index in [4.69, 9.17) is 5.73 Å². The molecule has 1 aliphatic rings. The minimum absolute atomic E-state index is 0.495. The zero-order valence-electron chi connectivity index (χ0n) is 10.2. The average Bonchev–Trinajstić information content (AvgIpc) is 2.33. The summed E-state index contributed by atoms with van der Waals surface area (Å²) in [5.74, 6) is 1.38. The number of hydrogen-bond acceptors (Lipinski definition) is 5. The molecule has 5 nitrogen and oxygen atoms in total. The fraction of sp³-hybridized carbons (Fsp3) is 0.636. The van der Waals surface area contributed by atoms with Gasteiger partial charge in [0.05, 0.1) is 0 Å². The zero-order valence-corrected chi connectivity index (χ0v) is 11.8. The number of piperidine rings is 1. The van der Waals surface area contributed by atoms with E-state index in [0.717, 1.165) is 36.2 Å². The molecule has 1 aromatic rings. The molecule has 1 saturated heterocycles. The Labute approximate surface area is 110 Å². The van der Waals surface area contributed by atoms with Gasteiger partial charge in [-0.3, -0.25) is 0 Å². The number of anilines is 2. The van der Waals surface area contributed by atoms with E-state index in [9.17, 15) is 0 Å². The van der Waals surface area contributed by atoms with Crippen LogP contribution in [-0.4, -0.2) is 48.1 Å². The van der Waals surface area contributed by atoms with E-state index < -0.39 is 0 Å². The molecular formula is C11H18BrN5. The van der Waals surface area contributed by atoms with Gasteiger partial charge < -0.3 is 15.5 Å². The van der Waals surface area contributed by atoms with Crippen molar-refractivity contribution < 1.29 is 0 Å². The summed E-state index contributed by atoms with van der Waals surface area (Å²) < 4.78 is 0.793. The smallest absolute Gasteiger partial charge is 0.148 e. The first-order valence-corrected chi connectivity index (χ1v) is 6.56. The predicted octanol–water partition coefficient (Wildman–Crippen LogP) is 1.35. The Balaban J connectivity index is 2.14. The second-order valence-electron chi connectivity index (χ2n) is 4.54. The fourth-order valence-electron chi connectivity index (χ4n) is 2.17. The fourth-order valence-corrected chi connectivity index (χ4v) is 2.66. The van der Waals surface area contributed by atoms with Crippen LogP contribution in [0, 0.1) is 0 Å². The molecule has 0 saturated carbocycles. The first kappa shape index (κ1) is 12.6. The van der Waals surface area contributed by atoms with Gasteiger partial charge in [-0.2, -0.15) is 0 Å².